The summed E-state index contributed by atoms with van der Waals surface area (Å²) in [6.45, 7) is 7.43. The highest BCUT2D eigenvalue weighted by molar-refractivity contribution is 5.71. The monoisotopic (exact) mass is 885 g/mol. The van der Waals surface area contributed by atoms with E-state index < -0.39 is 6.10 Å². The SMILES string of the molecule is CC/C=C\C/C=C\C/C=C\C/C=C\C/C=C\CC(=O)OCC(COCCCCCCCCC/C=C\C/C=C\C/C=C\C/C=C\CC)OC(=O)CCCCCCC/C=C\CCCCCC. The maximum Gasteiger partial charge on any atom is 0.309 e. The predicted octanol–water partition coefficient (Wildman–Crippen LogP) is 17.8. The number of allylic oxidation sites excluding steroid dienone is 19. The fourth-order valence-corrected chi connectivity index (χ4v) is 6.69. The van der Waals surface area contributed by atoms with Crippen molar-refractivity contribution in [1.82, 2.24) is 0 Å². The van der Waals surface area contributed by atoms with Crippen LogP contribution in [0.2, 0.25) is 0 Å². The molecule has 0 rings (SSSR count). The molecule has 0 aliphatic rings. The van der Waals surface area contributed by atoms with Crippen LogP contribution in [0.25, 0.3) is 0 Å². The van der Waals surface area contributed by atoms with Crippen LogP contribution < -0.4 is 0 Å². The molecule has 362 valence electrons. The maximum atomic E-state index is 12.8. The molecule has 0 heterocycles. The van der Waals surface area contributed by atoms with Crippen LogP contribution in [0.1, 0.15) is 213 Å². The lowest BCUT2D eigenvalue weighted by atomic mass is 10.1. The van der Waals surface area contributed by atoms with Gasteiger partial charge in [-0.15, -0.1) is 0 Å². The van der Waals surface area contributed by atoms with Crippen molar-refractivity contribution in [3.8, 4) is 0 Å². The smallest absolute Gasteiger partial charge is 0.309 e. The second-order valence-corrected chi connectivity index (χ2v) is 16.7. The zero-order valence-corrected chi connectivity index (χ0v) is 41.5. The van der Waals surface area contributed by atoms with Gasteiger partial charge in [0.1, 0.15) is 6.61 Å². The first-order chi connectivity index (χ1) is 31.6. The molecule has 0 radical (unpaired) electrons. The van der Waals surface area contributed by atoms with E-state index in [0.717, 1.165) is 103 Å². The van der Waals surface area contributed by atoms with Gasteiger partial charge in [-0.05, 0) is 109 Å². The van der Waals surface area contributed by atoms with E-state index >= 15 is 0 Å². The van der Waals surface area contributed by atoms with Gasteiger partial charge < -0.3 is 14.2 Å². The van der Waals surface area contributed by atoms with Gasteiger partial charge in [0.05, 0.1) is 13.0 Å². The van der Waals surface area contributed by atoms with Crippen LogP contribution in [0.3, 0.4) is 0 Å². The molecule has 1 unspecified atom stereocenters. The summed E-state index contributed by atoms with van der Waals surface area (Å²) >= 11 is 0. The number of carbonyl (C=O) groups excluding carboxylic acids is 2. The van der Waals surface area contributed by atoms with Gasteiger partial charge in [0.25, 0.3) is 0 Å². The quantitative estimate of drug-likeness (QED) is 0.0346. The largest absolute Gasteiger partial charge is 0.461 e. The Morgan fingerprint density at radius 1 is 0.375 bits per heavy atom. The average molecular weight is 885 g/mol. The normalized spacial score (nSPS) is 13.2. The van der Waals surface area contributed by atoms with Gasteiger partial charge in [-0.3, -0.25) is 9.59 Å². The topological polar surface area (TPSA) is 61.8 Å². The predicted molar refractivity (Wildman–Crippen MR) is 279 cm³/mol. The van der Waals surface area contributed by atoms with Crippen LogP contribution in [0, 0.1) is 0 Å². The third-order valence-electron chi connectivity index (χ3n) is 10.5. The molecule has 0 saturated carbocycles. The second-order valence-electron chi connectivity index (χ2n) is 16.7. The number of hydrogen-bond donors (Lipinski definition) is 0. The summed E-state index contributed by atoms with van der Waals surface area (Å²) in [7, 11) is 0. The van der Waals surface area contributed by atoms with E-state index in [2.05, 4.69) is 130 Å². The first-order valence-electron chi connectivity index (χ1n) is 26.1. The molecule has 0 aromatic heterocycles. The van der Waals surface area contributed by atoms with Crippen molar-refractivity contribution in [2.24, 2.45) is 0 Å². The van der Waals surface area contributed by atoms with Gasteiger partial charge in [-0.25, -0.2) is 0 Å². The number of ether oxygens (including phenoxy) is 3. The van der Waals surface area contributed by atoms with Gasteiger partial charge in [0.15, 0.2) is 6.10 Å². The molecule has 64 heavy (non-hydrogen) atoms. The van der Waals surface area contributed by atoms with Crippen LogP contribution in [0.4, 0.5) is 0 Å². The molecule has 0 N–H and O–H groups in total. The highest BCUT2D eigenvalue weighted by Crippen LogP contribution is 2.12. The van der Waals surface area contributed by atoms with E-state index in [4.69, 9.17) is 14.2 Å². The minimum absolute atomic E-state index is 0.0162. The van der Waals surface area contributed by atoms with Crippen LogP contribution in [-0.4, -0.2) is 37.9 Å². The van der Waals surface area contributed by atoms with Crippen LogP contribution in [-0.2, 0) is 23.8 Å². The van der Waals surface area contributed by atoms with Crippen LogP contribution >= 0.6 is 0 Å². The third-order valence-corrected chi connectivity index (χ3v) is 10.5. The lowest BCUT2D eigenvalue weighted by Crippen LogP contribution is -2.30. The van der Waals surface area contributed by atoms with Crippen LogP contribution in [0.15, 0.2) is 122 Å². The summed E-state index contributed by atoms with van der Waals surface area (Å²) in [5.41, 5.74) is 0. The van der Waals surface area contributed by atoms with Crippen molar-refractivity contribution >= 4 is 11.9 Å². The molecule has 1 atom stereocenters. The van der Waals surface area contributed by atoms with Crippen molar-refractivity contribution in [2.75, 3.05) is 19.8 Å². The molecular formula is C59H96O5. The zero-order chi connectivity index (χ0) is 46.3. The third kappa shape index (κ3) is 50.9. The van der Waals surface area contributed by atoms with E-state index in [9.17, 15) is 9.59 Å². The summed E-state index contributed by atoms with van der Waals surface area (Å²) in [5.74, 6) is -0.567. The summed E-state index contributed by atoms with van der Waals surface area (Å²) in [6.07, 6.45) is 75.2. The van der Waals surface area contributed by atoms with E-state index in [0.29, 0.717) is 13.0 Å². The zero-order valence-electron chi connectivity index (χ0n) is 41.5. The van der Waals surface area contributed by atoms with Gasteiger partial charge in [0.2, 0.25) is 0 Å². The Bertz CT molecular complexity index is 1320. The van der Waals surface area contributed by atoms with Gasteiger partial charge in [-0.1, -0.05) is 213 Å². The Labute approximate surface area is 395 Å². The van der Waals surface area contributed by atoms with Crippen molar-refractivity contribution in [3.63, 3.8) is 0 Å². The standard InChI is InChI=1S/C59H96O5/c1-4-7-10-13-16-19-22-25-27-28-29-30-31-33-36-39-42-45-48-51-54-62-55-57(64-59(61)53-50-47-44-41-38-34-24-21-18-15-12-9-6-3)56-63-58(60)52-49-46-43-40-37-35-32-26-23-20-17-14-11-8-5-2/h7-8,10-11,16-17,19-21,24-27,29-30,32,37,40,46,49,57H,4-6,9,12-15,18,22-23,28,31,33-36,38-39,41-45,47-48,50-56H2,1-3H3/b10-7-,11-8-,19-16-,20-17-,24-21-,27-25-,30-29-,32-26-,40-37-,49-46-. The Morgan fingerprint density at radius 3 is 1.22 bits per heavy atom. The first kappa shape index (κ1) is 60.3. The van der Waals surface area contributed by atoms with Gasteiger partial charge in [-0.2, -0.15) is 0 Å². The van der Waals surface area contributed by atoms with Gasteiger partial charge in [0, 0.05) is 13.0 Å². The van der Waals surface area contributed by atoms with E-state index in [1.807, 2.05) is 12.2 Å². The molecule has 0 amide bonds. The van der Waals surface area contributed by atoms with E-state index in [-0.39, 0.29) is 31.6 Å². The summed E-state index contributed by atoms with van der Waals surface area (Å²) in [6, 6.07) is 0. The molecule has 0 saturated heterocycles. The van der Waals surface area contributed by atoms with Crippen molar-refractivity contribution in [3.05, 3.63) is 122 Å². The first-order valence-corrected chi connectivity index (χ1v) is 26.1. The minimum Gasteiger partial charge on any atom is -0.461 e. The Hall–Kier alpha value is -3.70. The van der Waals surface area contributed by atoms with Crippen molar-refractivity contribution in [1.29, 1.82) is 0 Å². The van der Waals surface area contributed by atoms with Gasteiger partial charge >= 0.3 is 11.9 Å². The van der Waals surface area contributed by atoms with Crippen molar-refractivity contribution < 1.29 is 23.8 Å². The maximum absolute atomic E-state index is 12.8. The minimum atomic E-state index is -0.594. The molecule has 0 aliphatic heterocycles. The summed E-state index contributed by atoms with van der Waals surface area (Å²) < 4.78 is 17.3. The van der Waals surface area contributed by atoms with Crippen LogP contribution in [0.5, 0.6) is 0 Å². The molecule has 0 aromatic rings. The number of unbranched alkanes of at least 4 members (excludes halogenated alkanes) is 16. The number of rotatable bonds is 46. The molecule has 0 bridgehead atoms. The lowest BCUT2D eigenvalue weighted by Gasteiger charge is -2.18. The second kappa shape index (κ2) is 53.6. The lowest BCUT2D eigenvalue weighted by molar-refractivity contribution is -0.162. The highest BCUT2D eigenvalue weighted by Gasteiger charge is 2.17. The summed E-state index contributed by atoms with van der Waals surface area (Å²) in [5, 5.41) is 0. The fraction of sp³-hybridized carbons (Fsp3) is 0.627. The highest BCUT2D eigenvalue weighted by atomic mass is 16.6. The number of hydrogen-bond acceptors (Lipinski definition) is 5. The molecule has 0 spiro atoms. The average Bonchev–Trinajstić information content (AvgIpc) is 3.30. The van der Waals surface area contributed by atoms with E-state index in [1.165, 1.54) is 77.0 Å². The Kier molecular flexibility index (Phi) is 50.5. The summed E-state index contributed by atoms with van der Waals surface area (Å²) in [4.78, 5) is 25.3. The molecule has 0 fully saturated rings. The van der Waals surface area contributed by atoms with E-state index in [1.54, 1.807) is 0 Å². The number of carbonyl (C=O) groups is 2. The Morgan fingerprint density at radius 2 is 0.750 bits per heavy atom. The number of esters is 2. The molecule has 5 nitrogen and oxygen atoms in total. The molecule has 5 heteroatoms. The fourth-order valence-electron chi connectivity index (χ4n) is 6.69. The molecule has 0 aromatic carbocycles. The van der Waals surface area contributed by atoms with Crippen molar-refractivity contribution in [2.45, 2.75) is 219 Å². The molecular weight excluding hydrogens is 789 g/mol. The Balaban J connectivity index is 4.41. The molecule has 0 aliphatic carbocycles.